The predicted molar refractivity (Wildman–Crippen MR) is 62.8 cm³/mol. The van der Waals surface area contributed by atoms with Gasteiger partial charge in [-0.15, -0.1) is 0 Å². The second-order valence-corrected chi connectivity index (χ2v) is 4.35. The highest BCUT2D eigenvalue weighted by Gasteiger charge is 2.16. The molecule has 0 aliphatic heterocycles. The second kappa shape index (κ2) is 5.11. The van der Waals surface area contributed by atoms with Crippen LogP contribution in [0.2, 0.25) is 0 Å². The van der Waals surface area contributed by atoms with E-state index in [4.69, 9.17) is 10.5 Å². The van der Waals surface area contributed by atoms with Crippen LogP contribution in [-0.4, -0.2) is 22.2 Å². The van der Waals surface area contributed by atoms with Crippen molar-refractivity contribution in [1.82, 2.24) is 0 Å². The standard InChI is InChI=1S/C11H16N2O4/c1-11(2,14)7-17-10-4-3-9(13(15)16)5-8(10)6-12/h3-5,14H,6-7,12H2,1-2H3. The lowest BCUT2D eigenvalue weighted by molar-refractivity contribution is -0.384. The topological polar surface area (TPSA) is 98.6 Å². The Hall–Kier alpha value is -1.66. The molecule has 6 nitrogen and oxygen atoms in total. The smallest absolute Gasteiger partial charge is 0.270 e. The maximum Gasteiger partial charge on any atom is 0.270 e. The van der Waals surface area contributed by atoms with Crippen molar-refractivity contribution in [2.75, 3.05) is 6.61 Å². The molecule has 6 heteroatoms. The van der Waals surface area contributed by atoms with Crippen LogP contribution in [0.15, 0.2) is 18.2 Å². The highest BCUT2D eigenvalue weighted by Crippen LogP contribution is 2.24. The van der Waals surface area contributed by atoms with Gasteiger partial charge in [0.15, 0.2) is 0 Å². The van der Waals surface area contributed by atoms with Gasteiger partial charge in [0, 0.05) is 24.2 Å². The Bertz CT molecular complexity index is 412. The fourth-order valence-electron chi connectivity index (χ4n) is 1.23. The number of rotatable bonds is 5. The third kappa shape index (κ3) is 4.01. The first-order valence-corrected chi connectivity index (χ1v) is 5.16. The largest absolute Gasteiger partial charge is 0.490 e. The minimum Gasteiger partial charge on any atom is -0.490 e. The van der Waals surface area contributed by atoms with E-state index in [1.165, 1.54) is 18.2 Å². The van der Waals surface area contributed by atoms with Gasteiger partial charge in [0.1, 0.15) is 12.4 Å². The lowest BCUT2D eigenvalue weighted by atomic mass is 10.1. The number of nitro benzene ring substituents is 1. The number of hydrogen-bond acceptors (Lipinski definition) is 5. The molecule has 1 aromatic carbocycles. The van der Waals surface area contributed by atoms with Gasteiger partial charge in [-0.3, -0.25) is 10.1 Å². The average Bonchev–Trinajstić information content (AvgIpc) is 2.24. The predicted octanol–water partition coefficient (Wildman–Crippen LogP) is 1.20. The third-order valence-electron chi connectivity index (χ3n) is 2.06. The lowest BCUT2D eigenvalue weighted by Crippen LogP contribution is -2.28. The molecule has 0 saturated heterocycles. The molecule has 0 aromatic heterocycles. The van der Waals surface area contributed by atoms with E-state index in [2.05, 4.69) is 0 Å². The van der Waals surface area contributed by atoms with Crippen LogP contribution >= 0.6 is 0 Å². The quantitative estimate of drug-likeness (QED) is 0.595. The van der Waals surface area contributed by atoms with Gasteiger partial charge in [-0.05, 0) is 19.9 Å². The average molecular weight is 240 g/mol. The molecule has 0 bridgehead atoms. The van der Waals surface area contributed by atoms with Crippen molar-refractivity contribution < 1.29 is 14.8 Å². The first-order chi connectivity index (χ1) is 7.83. The molecule has 1 aromatic rings. The Balaban J connectivity index is 2.89. The van der Waals surface area contributed by atoms with Gasteiger partial charge in [0.2, 0.25) is 0 Å². The summed E-state index contributed by atoms with van der Waals surface area (Å²) in [6, 6.07) is 4.21. The summed E-state index contributed by atoms with van der Waals surface area (Å²) in [5.74, 6) is 0.459. The molecule has 0 saturated carbocycles. The van der Waals surface area contributed by atoms with Gasteiger partial charge in [-0.2, -0.15) is 0 Å². The zero-order chi connectivity index (χ0) is 13.1. The fraction of sp³-hybridized carbons (Fsp3) is 0.455. The molecule has 0 heterocycles. The van der Waals surface area contributed by atoms with Crippen LogP contribution in [0.3, 0.4) is 0 Å². The number of nitrogens with two attached hydrogens (primary N) is 1. The number of hydrogen-bond donors (Lipinski definition) is 2. The van der Waals surface area contributed by atoms with Crippen LogP contribution in [-0.2, 0) is 6.54 Å². The Morgan fingerprint density at radius 1 is 1.53 bits per heavy atom. The van der Waals surface area contributed by atoms with Gasteiger partial charge >= 0.3 is 0 Å². The summed E-state index contributed by atoms with van der Waals surface area (Å²) in [6.45, 7) is 3.46. The molecule has 0 spiro atoms. The summed E-state index contributed by atoms with van der Waals surface area (Å²) in [6.07, 6.45) is 0. The Labute approximate surface area is 99.2 Å². The first kappa shape index (κ1) is 13.4. The van der Waals surface area contributed by atoms with E-state index >= 15 is 0 Å². The summed E-state index contributed by atoms with van der Waals surface area (Å²) < 4.78 is 5.37. The number of nitro groups is 1. The first-order valence-electron chi connectivity index (χ1n) is 5.16. The summed E-state index contributed by atoms with van der Waals surface area (Å²) in [7, 11) is 0. The molecular weight excluding hydrogens is 224 g/mol. The van der Waals surface area contributed by atoms with Crippen molar-refractivity contribution in [3.8, 4) is 5.75 Å². The molecule has 0 atom stereocenters. The summed E-state index contributed by atoms with van der Waals surface area (Å²) in [4.78, 5) is 10.1. The normalized spacial score (nSPS) is 11.3. The van der Waals surface area contributed by atoms with E-state index in [9.17, 15) is 15.2 Å². The second-order valence-electron chi connectivity index (χ2n) is 4.35. The van der Waals surface area contributed by atoms with Crippen molar-refractivity contribution in [2.24, 2.45) is 5.73 Å². The zero-order valence-electron chi connectivity index (χ0n) is 9.84. The van der Waals surface area contributed by atoms with Gasteiger partial charge in [0.05, 0.1) is 10.5 Å². The lowest BCUT2D eigenvalue weighted by Gasteiger charge is -2.19. The molecule has 0 unspecified atom stereocenters. The molecule has 94 valence electrons. The van der Waals surface area contributed by atoms with Crippen LogP contribution in [0.5, 0.6) is 5.75 Å². The van der Waals surface area contributed by atoms with Crippen molar-refractivity contribution in [3.63, 3.8) is 0 Å². The molecule has 3 N–H and O–H groups in total. The van der Waals surface area contributed by atoms with Crippen molar-refractivity contribution in [3.05, 3.63) is 33.9 Å². The van der Waals surface area contributed by atoms with Crippen LogP contribution in [0, 0.1) is 10.1 Å². The van der Waals surface area contributed by atoms with Crippen molar-refractivity contribution in [1.29, 1.82) is 0 Å². The number of aliphatic hydroxyl groups is 1. The van der Waals surface area contributed by atoms with Crippen LogP contribution in [0.4, 0.5) is 5.69 Å². The minimum atomic E-state index is -0.965. The fourth-order valence-corrected chi connectivity index (χ4v) is 1.23. The molecule has 0 aliphatic rings. The molecule has 0 amide bonds. The maximum atomic E-state index is 10.6. The number of benzene rings is 1. The third-order valence-corrected chi connectivity index (χ3v) is 2.06. The molecule has 0 aliphatic carbocycles. The van der Waals surface area contributed by atoms with Gasteiger partial charge < -0.3 is 15.6 Å². The molecule has 0 fully saturated rings. The van der Waals surface area contributed by atoms with Crippen molar-refractivity contribution >= 4 is 5.69 Å². The van der Waals surface area contributed by atoms with E-state index in [1.807, 2.05) is 0 Å². The molecule has 0 radical (unpaired) electrons. The Morgan fingerprint density at radius 3 is 2.65 bits per heavy atom. The molecule has 17 heavy (non-hydrogen) atoms. The number of nitrogens with zero attached hydrogens (tertiary/aromatic N) is 1. The number of non-ortho nitro benzene ring substituents is 1. The van der Waals surface area contributed by atoms with E-state index in [1.54, 1.807) is 13.8 Å². The zero-order valence-corrected chi connectivity index (χ0v) is 9.84. The number of ether oxygens (including phenoxy) is 1. The monoisotopic (exact) mass is 240 g/mol. The van der Waals surface area contributed by atoms with E-state index < -0.39 is 10.5 Å². The van der Waals surface area contributed by atoms with Crippen LogP contribution in [0.25, 0.3) is 0 Å². The van der Waals surface area contributed by atoms with Gasteiger partial charge in [0.25, 0.3) is 5.69 Å². The SMILES string of the molecule is CC(C)(O)COc1ccc([N+](=O)[O-])cc1CN. The van der Waals surface area contributed by atoms with E-state index in [0.717, 1.165) is 0 Å². The van der Waals surface area contributed by atoms with Crippen molar-refractivity contribution in [2.45, 2.75) is 26.0 Å². The van der Waals surface area contributed by atoms with Gasteiger partial charge in [-0.25, -0.2) is 0 Å². The Kier molecular flexibility index (Phi) is 4.03. The van der Waals surface area contributed by atoms with E-state index in [0.29, 0.717) is 11.3 Å². The summed E-state index contributed by atoms with van der Waals surface area (Å²) in [5, 5.41) is 20.1. The molecular formula is C11H16N2O4. The maximum absolute atomic E-state index is 10.6. The van der Waals surface area contributed by atoms with Gasteiger partial charge in [-0.1, -0.05) is 0 Å². The summed E-state index contributed by atoms with van der Waals surface area (Å²) in [5.41, 5.74) is 5.05. The highest BCUT2D eigenvalue weighted by atomic mass is 16.6. The van der Waals surface area contributed by atoms with Crippen LogP contribution < -0.4 is 10.5 Å². The Morgan fingerprint density at radius 2 is 2.18 bits per heavy atom. The highest BCUT2D eigenvalue weighted by molar-refractivity contribution is 5.43. The van der Waals surface area contributed by atoms with Crippen LogP contribution in [0.1, 0.15) is 19.4 Å². The molecule has 1 rings (SSSR count). The summed E-state index contributed by atoms with van der Waals surface area (Å²) >= 11 is 0. The minimum absolute atomic E-state index is 0.0268. The van der Waals surface area contributed by atoms with E-state index in [-0.39, 0.29) is 18.8 Å².